The molecule has 0 saturated heterocycles. The fraction of sp³-hybridized carbons (Fsp3) is 0.545. The number of ether oxygens (including phenoxy) is 1. The third-order valence-electron chi connectivity index (χ3n) is 1.62. The number of carbonyl (C=O) groups is 1. The van der Waals surface area contributed by atoms with Crippen molar-refractivity contribution in [3.05, 3.63) is 18.1 Å². The van der Waals surface area contributed by atoms with E-state index in [1.165, 1.54) is 18.0 Å². The van der Waals surface area contributed by atoms with Gasteiger partial charge in [0.1, 0.15) is 11.4 Å². The highest BCUT2D eigenvalue weighted by atomic mass is 32.2. The van der Waals surface area contributed by atoms with Crippen LogP contribution in [-0.4, -0.2) is 27.3 Å². The van der Waals surface area contributed by atoms with E-state index in [0.29, 0.717) is 17.3 Å². The van der Waals surface area contributed by atoms with Crippen molar-refractivity contribution in [1.29, 1.82) is 0 Å². The van der Waals surface area contributed by atoms with Gasteiger partial charge < -0.3 is 10.5 Å². The van der Waals surface area contributed by atoms with Crippen LogP contribution in [0.15, 0.2) is 12.4 Å². The molecule has 5 nitrogen and oxygen atoms in total. The molecule has 0 unspecified atom stereocenters. The van der Waals surface area contributed by atoms with E-state index < -0.39 is 5.60 Å². The number of carbonyl (C=O) groups excluding carboxylic acids is 1. The summed E-state index contributed by atoms with van der Waals surface area (Å²) in [5, 5.41) is 0. The zero-order valence-corrected chi connectivity index (χ0v) is 11.1. The highest BCUT2D eigenvalue weighted by Gasteiger charge is 2.15. The lowest BCUT2D eigenvalue weighted by molar-refractivity contribution is -0.151. The van der Waals surface area contributed by atoms with Gasteiger partial charge in [0, 0.05) is 5.75 Å². The Kier molecular flexibility index (Phi) is 4.74. The standard InChI is InChI=1S/C11H17N3O2S/c1-11(2,3)16-10(15)7-17-6-8-4-14-9(12)5-13-8/h4-5H,6-7H2,1-3H3,(H2,12,14). The van der Waals surface area contributed by atoms with Crippen LogP contribution in [0.25, 0.3) is 0 Å². The molecule has 17 heavy (non-hydrogen) atoms. The molecule has 0 fully saturated rings. The summed E-state index contributed by atoms with van der Waals surface area (Å²) < 4.78 is 5.18. The zero-order valence-electron chi connectivity index (χ0n) is 10.3. The molecule has 0 aliphatic rings. The number of nitrogens with zero attached hydrogens (tertiary/aromatic N) is 2. The van der Waals surface area contributed by atoms with Crippen LogP contribution in [0.3, 0.4) is 0 Å². The molecule has 0 aromatic carbocycles. The van der Waals surface area contributed by atoms with Gasteiger partial charge in [-0.2, -0.15) is 0 Å². The van der Waals surface area contributed by atoms with Crippen LogP contribution in [0, 0.1) is 0 Å². The number of hydrogen-bond donors (Lipinski definition) is 1. The van der Waals surface area contributed by atoms with Crippen molar-refractivity contribution >= 4 is 23.5 Å². The SMILES string of the molecule is CC(C)(C)OC(=O)CSCc1cnc(N)cn1. The van der Waals surface area contributed by atoms with Gasteiger partial charge in [0.05, 0.1) is 23.8 Å². The molecule has 1 rings (SSSR count). The third kappa shape index (κ3) is 6.11. The summed E-state index contributed by atoms with van der Waals surface area (Å²) in [6.45, 7) is 5.54. The number of rotatable bonds is 4. The van der Waals surface area contributed by atoms with E-state index in [1.807, 2.05) is 20.8 Å². The second-order valence-electron chi connectivity index (χ2n) is 4.51. The average molecular weight is 255 g/mol. The Morgan fingerprint density at radius 1 is 1.41 bits per heavy atom. The van der Waals surface area contributed by atoms with Gasteiger partial charge in [0.25, 0.3) is 0 Å². The number of nitrogen functional groups attached to an aromatic ring is 1. The van der Waals surface area contributed by atoms with Crippen molar-refractivity contribution in [2.24, 2.45) is 0 Å². The number of thioether (sulfide) groups is 1. The fourth-order valence-corrected chi connectivity index (χ4v) is 1.74. The number of hydrogen-bond acceptors (Lipinski definition) is 6. The maximum absolute atomic E-state index is 11.4. The smallest absolute Gasteiger partial charge is 0.316 e. The largest absolute Gasteiger partial charge is 0.459 e. The van der Waals surface area contributed by atoms with Gasteiger partial charge in [0.15, 0.2) is 0 Å². The van der Waals surface area contributed by atoms with Crippen molar-refractivity contribution in [2.75, 3.05) is 11.5 Å². The fourth-order valence-electron chi connectivity index (χ4n) is 1.05. The zero-order chi connectivity index (χ0) is 12.9. The summed E-state index contributed by atoms with van der Waals surface area (Å²) in [7, 11) is 0. The Labute approximate surface area is 105 Å². The highest BCUT2D eigenvalue weighted by Crippen LogP contribution is 2.13. The monoisotopic (exact) mass is 255 g/mol. The van der Waals surface area contributed by atoms with Crippen LogP contribution < -0.4 is 5.73 Å². The quantitative estimate of drug-likeness (QED) is 0.824. The molecule has 2 N–H and O–H groups in total. The minimum atomic E-state index is -0.432. The first-order valence-electron chi connectivity index (χ1n) is 5.23. The van der Waals surface area contributed by atoms with Crippen molar-refractivity contribution in [2.45, 2.75) is 32.1 Å². The molecule has 0 atom stereocenters. The molecule has 0 saturated carbocycles. The lowest BCUT2D eigenvalue weighted by atomic mass is 10.2. The maximum atomic E-state index is 11.4. The van der Waals surface area contributed by atoms with Crippen LogP contribution in [0.4, 0.5) is 5.82 Å². The minimum Gasteiger partial charge on any atom is -0.459 e. The lowest BCUT2D eigenvalue weighted by Crippen LogP contribution is -2.24. The molecule has 1 heterocycles. The van der Waals surface area contributed by atoms with Crippen molar-refractivity contribution in [1.82, 2.24) is 9.97 Å². The Balaban J connectivity index is 2.28. The van der Waals surface area contributed by atoms with Crippen molar-refractivity contribution < 1.29 is 9.53 Å². The van der Waals surface area contributed by atoms with Gasteiger partial charge in [-0.05, 0) is 20.8 Å². The van der Waals surface area contributed by atoms with E-state index in [2.05, 4.69) is 9.97 Å². The van der Waals surface area contributed by atoms with Crippen LogP contribution in [0.5, 0.6) is 0 Å². The number of anilines is 1. The summed E-state index contributed by atoms with van der Waals surface area (Å²) in [6, 6.07) is 0. The van der Waals surface area contributed by atoms with Crippen molar-refractivity contribution in [3.63, 3.8) is 0 Å². The van der Waals surface area contributed by atoms with E-state index in [1.54, 1.807) is 6.20 Å². The maximum Gasteiger partial charge on any atom is 0.316 e. The van der Waals surface area contributed by atoms with E-state index in [4.69, 9.17) is 10.5 Å². The molecule has 0 spiro atoms. The molecule has 0 aliphatic heterocycles. The van der Waals surface area contributed by atoms with Gasteiger partial charge in [0.2, 0.25) is 0 Å². The predicted octanol–water partition coefficient (Wildman–Crippen LogP) is 1.63. The van der Waals surface area contributed by atoms with Gasteiger partial charge in [-0.15, -0.1) is 11.8 Å². The van der Waals surface area contributed by atoms with E-state index in [9.17, 15) is 4.79 Å². The molecule has 94 valence electrons. The molecule has 1 aromatic rings. The van der Waals surface area contributed by atoms with Crippen LogP contribution in [0.2, 0.25) is 0 Å². The summed E-state index contributed by atoms with van der Waals surface area (Å²) in [5.41, 5.74) is 5.79. The van der Waals surface area contributed by atoms with Gasteiger partial charge in [-0.3, -0.25) is 9.78 Å². The summed E-state index contributed by atoms with van der Waals surface area (Å²) >= 11 is 1.44. The average Bonchev–Trinajstić information content (AvgIpc) is 2.18. The van der Waals surface area contributed by atoms with E-state index in [-0.39, 0.29) is 5.97 Å². The van der Waals surface area contributed by atoms with Crippen molar-refractivity contribution in [3.8, 4) is 0 Å². The van der Waals surface area contributed by atoms with Crippen LogP contribution in [-0.2, 0) is 15.3 Å². The Hall–Kier alpha value is -1.30. The molecule has 6 heteroatoms. The number of aromatic nitrogens is 2. The van der Waals surface area contributed by atoms with Crippen LogP contribution >= 0.6 is 11.8 Å². The van der Waals surface area contributed by atoms with Gasteiger partial charge >= 0.3 is 5.97 Å². The third-order valence-corrected chi connectivity index (χ3v) is 2.55. The Morgan fingerprint density at radius 2 is 2.12 bits per heavy atom. The molecule has 0 bridgehead atoms. The van der Waals surface area contributed by atoms with Crippen LogP contribution in [0.1, 0.15) is 26.5 Å². The molecule has 0 amide bonds. The summed E-state index contributed by atoms with van der Waals surface area (Å²) in [4.78, 5) is 19.4. The highest BCUT2D eigenvalue weighted by molar-refractivity contribution is 7.99. The topological polar surface area (TPSA) is 78.1 Å². The van der Waals surface area contributed by atoms with Gasteiger partial charge in [-0.25, -0.2) is 4.98 Å². The van der Waals surface area contributed by atoms with E-state index >= 15 is 0 Å². The molecular formula is C11H17N3O2S. The van der Waals surface area contributed by atoms with E-state index in [0.717, 1.165) is 5.69 Å². The summed E-state index contributed by atoms with van der Waals surface area (Å²) in [5.74, 6) is 1.10. The summed E-state index contributed by atoms with van der Waals surface area (Å²) in [6.07, 6.45) is 3.11. The Bertz CT molecular complexity index is 373. The second-order valence-corrected chi connectivity index (χ2v) is 5.50. The lowest BCUT2D eigenvalue weighted by Gasteiger charge is -2.19. The molecular weight excluding hydrogens is 238 g/mol. The first-order chi connectivity index (χ1) is 7.87. The minimum absolute atomic E-state index is 0.217. The molecule has 0 radical (unpaired) electrons. The first kappa shape index (κ1) is 13.8. The molecule has 1 aromatic heterocycles. The number of esters is 1. The Morgan fingerprint density at radius 3 is 2.65 bits per heavy atom. The molecule has 0 aliphatic carbocycles. The first-order valence-corrected chi connectivity index (χ1v) is 6.38. The predicted molar refractivity (Wildman–Crippen MR) is 68.5 cm³/mol. The second kappa shape index (κ2) is 5.86. The normalized spacial score (nSPS) is 11.2. The number of nitrogens with two attached hydrogens (primary N) is 1. The van der Waals surface area contributed by atoms with Gasteiger partial charge in [-0.1, -0.05) is 0 Å².